The zero-order valence-electron chi connectivity index (χ0n) is 9.05. The monoisotopic (exact) mass is 202 g/mol. The molecule has 3 heteroatoms. The van der Waals surface area contributed by atoms with Gasteiger partial charge in [0.05, 0.1) is 0 Å². The minimum Gasteiger partial charge on any atom is -0.325 e. The molecule has 1 heterocycles. The number of aromatic amines is 1. The van der Waals surface area contributed by atoms with Crippen LogP contribution in [-0.4, -0.2) is 4.98 Å². The lowest BCUT2D eigenvalue weighted by Crippen LogP contribution is -2.26. The van der Waals surface area contributed by atoms with Gasteiger partial charge in [0.2, 0.25) is 0 Å². The van der Waals surface area contributed by atoms with Gasteiger partial charge in [-0.25, -0.2) is 0 Å². The van der Waals surface area contributed by atoms with E-state index in [1.807, 2.05) is 6.07 Å². The highest BCUT2D eigenvalue weighted by Crippen LogP contribution is 2.33. The molecule has 0 amide bonds. The van der Waals surface area contributed by atoms with E-state index < -0.39 is 0 Å². The lowest BCUT2D eigenvalue weighted by Gasteiger charge is -2.30. The standard InChI is InChI=1S/C12H14N2O/c1-12(2)4-3-8-5-9(7-13)11(15)14-10(8)6-12/h5H,3-4,6H2,1-2H3,(H,14,15). The topological polar surface area (TPSA) is 56.6 Å². The maximum Gasteiger partial charge on any atom is 0.266 e. The van der Waals surface area contributed by atoms with Gasteiger partial charge in [0, 0.05) is 5.69 Å². The highest BCUT2D eigenvalue weighted by molar-refractivity contribution is 5.34. The first-order valence-electron chi connectivity index (χ1n) is 5.17. The highest BCUT2D eigenvalue weighted by atomic mass is 16.1. The average molecular weight is 202 g/mol. The molecule has 0 aliphatic heterocycles. The Morgan fingerprint density at radius 3 is 2.93 bits per heavy atom. The minimum atomic E-state index is -0.256. The van der Waals surface area contributed by atoms with Gasteiger partial charge in [-0.1, -0.05) is 13.8 Å². The predicted molar refractivity (Wildman–Crippen MR) is 57.6 cm³/mol. The van der Waals surface area contributed by atoms with Crippen molar-refractivity contribution in [3.8, 4) is 6.07 Å². The Kier molecular flexibility index (Phi) is 2.15. The Morgan fingerprint density at radius 2 is 2.27 bits per heavy atom. The number of fused-ring (bicyclic) bond motifs is 1. The summed E-state index contributed by atoms with van der Waals surface area (Å²) in [6.45, 7) is 4.40. The van der Waals surface area contributed by atoms with Crippen LogP contribution in [0.25, 0.3) is 0 Å². The molecule has 0 fully saturated rings. The fraction of sp³-hybridized carbons (Fsp3) is 0.500. The molecule has 78 valence electrons. The van der Waals surface area contributed by atoms with Crippen LogP contribution in [-0.2, 0) is 12.8 Å². The van der Waals surface area contributed by atoms with Gasteiger partial charge in [0.25, 0.3) is 5.56 Å². The SMILES string of the molecule is CC1(C)CCc2cc(C#N)c(=O)[nH]c2C1. The van der Waals surface area contributed by atoms with E-state index in [1.165, 1.54) is 0 Å². The van der Waals surface area contributed by atoms with Crippen LogP contribution in [0.4, 0.5) is 0 Å². The molecule has 0 atom stereocenters. The number of aryl methyl sites for hydroxylation is 1. The molecule has 0 radical (unpaired) electrons. The second-order valence-corrected chi connectivity index (χ2v) is 4.97. The zero-order valence-corrected chi connectivity index (χ0v) is 9.05. The van der Waals surface area contributed by atoms with E-state index in [0.29, 0.717) is 0 Å². The van der Waals surface area contributed by atoms with Gasteiger partial charge in [-0.05, 0) is 36.3 Å². The molecule has 0 saturated carbocycles. The number of hydrogen-bond acceptors (Lipinski definition) is 2. The van der Waals surface area contributed by atoms with E-state index in [-0.39, 0.29) is 16.5 Å². The number of aromatic nitrogens is 1. The fourth-order valence-electron chi connectivity index (χ4n) is 2.12. The number of nitrogens with one attached hydrogen (secondary N) is 1. The zero-order chi connectivity index (χ0) is 11.1. The van der Waals surface area contributed by atoms with Gasteiger partial charge in [-0.3, -0.25) is 4.79 Å². The Morgan fingerprint density at radius 1 is 1.53 bits per heavy atom. The van der Waals surface area contributed by atoms with E-state index in [1.54, 1.807) is 6.07 Å². The first-order valence-corrected chi connectivity index (χ1v) is 5.17. The summed E-state index contributed by atoms with van der Waals surface area (Å²) in [6.07, 6.45) is 2.95. The van der Waals surface area contributed by atoms with Gasteiger partial charge in [-0.2, -0.15) is 5.26 Å². The molecular weight excluding hydrogens is 188 g/mol. The van der Waals surface area contributed by atoms with E-state index in [0.717, 1.165) is 30.5 Å². The van der Waals surface area contributed by atoms with Gasteiger partial charge < -0.3 is 4.98 Å². The summed E-state index contributed by atoms with van der Waals surface area (Å²) in [7, 11) is 0. The van der Waals surface area contributed by atoms with Crippen molar-refractivity contribution in [2.45, 2.75) is 33.1 Å². The molecule has 3 nitrogen and oxygen atoms in total. The summed E-state index contributed by atoms with van der Waals surface area (Å²) in [6, 6.07) is 3.66. The molecule has 1 aromatic rings. The van der Waals surface area contributed by atoms with Crippen molar-refractivity contribution in [2.24, 2.45) is 5.41 Å². The van der Waals surface area contributed by atoms with E-state index >= 15 is 0 Å². The first-order chi connectivity index (χ1) is 7.02. The van der Waals surface area contributed by atoms with Crippen LogP contribution in [0.1, 0.15) is 37.1 Å². The van der Waals surface area contributed by atoms with Crippen LogP contribution < -0.4 is 5.56 Å². The van der Waals surface area contributed by atoms with E-state index in [9.17, 15) is 4.79 Å². The third kappa shape index (κ3) is 1.80. The largest absolute Gasteiger partial charge is 0.325 e. The van der Waals surface area contributed by atoms with Crippen LogP contribution in [0, 0.1) is 16.7 Å². The molecule has 15 heavy (non-hydrogen) atoms. The first kappa shape index (κ1) is 9.97. The van der Waals surface area contributed by atoms with Gasteiger partial charge in [0.15, 0.2) is 0 Å². The van der Waals surface area contributed by atoms with Crippen LogP contribution in [0.5, 0.6) is 0 Å². The van der Waals surface area contributed by atoms with E-state index in [4.69, 9.17) is 5.26 Å². The number of hydrogen-bond donors (Lipinski definition) is 1. The van der Waals surface area contributed by atoms with E-state index in [2.05, 4.69) is 18.8 Å². The van der Waals surface area contributed by atoms with Crippen molar-refractivity contribution < 1.29 is 0 Å². The maximum absolute atomic E-state index is 11.5. The van der Waals surface area contributed by atoms with Crippen molar-refractivity contribution in [2.75, 3.05) is 0 Å². The molecule has 0 saturated heterocycles. The molecule has 0 spiro atoms. The molecule has 0 bridgehead atoms. The molecular formula is C12H14N2O. The Bertz CT molecular complexity index is 491. The van der Waals surface area contributed by atoms with Crippen LogP contribution in [0.2, 0.25) is 0 Å². The Labute approximate surface area is 88.8 Å². The molecule has 2 rings (SSSR count). The lowest BCUT2D eigenvalue weighted by atomic mass is 9.76. The van der Waals surface area contributed by atoms with Crippen LogP contribution in [0.15, 0.2) is 10.9 Å². The maximum atomic E-state index is 11.5. The summed E-state index contributed by atoms with van der Waals surface area (Å²) in [5, 5.41) is 8.75. The number of nitriles is 1. The molecule has 1 aromatic heterocycles. The second kappa shape index (κ2) is 3.23. The van der Waals surface area contributed by atoms with Gasteiger partial charge >= 0.3 is 0 Å². The quantitative estimate of drug-likeness (QED) is 0.697. The summed E-state index contributed by atoms with van der Waals surface area (Å²) >= 11 is 0. The second-order valence-electron chi connectivity index (χ2n) is 4.97. The molecule has 1 aliphatic rings. The molecule has 0 unspecified atom stereocenters. The highest BCUT2D eigenvalue weighted by Gasteiger charge is 2.26. The predicted octanol–water partition coefficient (Wildman–Crippen LogP) is 1.76. The molecule has 1 N–H and O–H groups in total. The number of pyridine rings is 1. The summed E-state index contributed by atoms with van der Waals surface area (Å²) in [5.41, 5.74) is 2.37. The van der Waals surface area contributed by atoms with Crippen molar-refractivity contribution in [1.29, 1.82) is 5.26 Å². The smallest absolute Gasteiger partial charge is 0.266 e. The molecule has 0 aromatic carbocycles. The summed E-state index contributed by atoms with van der Waals surface area (Å²) in [4.78, 5) is 14.3. The fourth-order valence-corrected chi connectivity index (χ4v) is 2.12. The van der Waals surface area contributed by atoms with Crippen LogP contribution >= 0.6 is 0 Å². The van der Waals surface area contributed by atoms with Gasteiger partial charge in [0.1, 0.15) is 11.6 Å². The number of rotatable bonds is 0. The van der Waals surface area contributed by atoms with Crippen molar-refractivity contribution in [1.82, 2.24) is 4.98 Å². The third-order valence-corrected chi connectivity index (χ3v) is 3.06. The minimum absolute atomic E-state index is 0.230. The average Bonchev–Trinajstić information content (AvgIpc) is 2.15. The number of H-pyrrole nitrogens is 1. The van der Waals surface area contributed by atoms with Crippen molar-refractivity contribution >= 4 is 0 Å². The summed E-state index contributed by atoms with van der Waals surface area (Å²) < 4.78 is 0. The normalized spacial score (nSPS) is 17.9. The Hall–Kier alpha value is -1.56. The van der Waals surface area contributed by atoms with Crippen molar-refractivity contribution in [3.05, 3.63) is 33.2 Å². The van der Waals surface area contributed by atoms with Gasteiger partial charge in [-0.15, -0.1) is 0 Å². The Balaban J connectivity index is 2.51. The summed E-state index contributed by atoms with van der Waals surface area (Å²) in [5.74, 6) is 0. The lowest BCUT2D eigenvalue weighted by molar-refractivity contribution is 0.310. The number of nitrogens with zero attached hydrogens (tertiary/aromatic N) is 1. The molecule has 1 aliphatic carbocycles. The van der Waals surface area contributed by atoms with Crippen molar-refractivity contribution in [3.63, 3.8) is 0 Å². The van der Waals surface area contributed by atoms with Crippen LogP contribution in [0.3, 0.4) is 0 Å². The third-order valence-electron chi connectivity index (χ3n) is 3.06.